The van der Waals surface area contributed by atoms with E-state index in [4.69, 9.17) is 11.6 Å². The van der Waals surface area contributed by atoms with E-state index < -0.39 is 14.7 Å². The Morgan fingerprint density at radius 1 is 0.423 bits per heavy atom. The van der Waals surface area contributed by atoms with Crippen molar-refractivity contribution in [2.75, 3.05) is 0 Å². The summed E-state index contributed by atoms with van der Waals surface area (Å²) < 4.78 is 4.24. The first kappa shape index (κ1) is 17.2. The molecule has 0 aromatic heterocycles. The SMILES string of the molecule is Clc1ccc([As](c2ccccc2)c2ccc(-c3ccccc3)cc2)cc1. The van der Waals surface area contributed by atoms with Crippen LogP contribution in [0.15, 0.2) is 109 Å². The fraction of sp³-hybridized carbons (Fsp3) is 0. The summed E-state index contributed by atoms with van der Waals surface area (Å²) in [5, 5.41) is 0.787. The van der Waals surface area contributed by atoms with Crippen molar-refractivity contribution in [3.8, 4) is 11.1 Å². The van der Waals surface area contributed by atoms with Crippen molar-refractivity contribution in [3.05, 3.63) is 114 Å². The van der Waals surface area contributed by atoms with E-state index in [-0.39, 0.29) is 0 Å². The minimum absolute atomic E-state index is 0.787. The van der Waals surface area contributed by atoms with Crippen LogP contribution in [-0.4, -0.2) is 14.7 Å². The topological polar surface area (TPSA) is 0 Å². The predicted octanol–water partition coefficient (Wildman–Crippen LogP) is 4.52. The predicted molar refractivity (Wildman–Crippen MR) is 114 cm³/mol. The summed E-state index contributed by atoms with van der Waals surface area (Å²) in [5.74, 6) is 0. The molecule has 0 saturated heterocycles. The van der Waals surface area contributed by atoms with Crippen LogP contribution in [0.2, 0.25) is 5.02 Å². The molecule has 4 aromatic carbocycles. The van der Waals surface area contributed by atoms with Crippen molar-refractivity contribution < 1.29 is 0 Å². The first-order valence-corrected chi connectivity index (χ1v) is 11.8. The Hall–Kier alpha value is -2.27. The zero-order chi connectivity index (χ0) is 17.8. The Labute approximate surface area is 164 Å². The summed E-state index contributed by atoms with van der Waals surface area (Å²) in [4.78, 5) is 0. The average Bonchev–Trinajstić information content (AvgIpc) is 2.72. The number of rotatable bonds is 4. The van der Waals surface area contributed by atoms with Crippen LogP contribution in [0, 0.1) is 0 Å². The number of benzene rings is 4. The van der Waals surface area contributed by atoms with Crippen LogP contribution in [0.4, 0.5) is 0 Å². The maximum atomic E-state index is 6.11. The zero-order valence-electron chi connectivity index (χ0n) is 14.2. The first-order valence-electron chi connectivity index (χ1n) is 8.57. The average molecular weight is 417 g/mol. The van der Waals surface area contributed by atoms with Gasteiger partial charge >= 0.3 is 165 Å². The van der Waals surface area contributed by atoms with Gasteiger partial charge in [0.1, 0.15) is 0 Å². The molecule has 0 aliphatic heterocycles. The summed E-state index contributed by atoms with van der Waals surface area (Å²) in [6, 6.07) is 38.8. The van der Waals surface area contributed by atoms with Gasteiger partial charge in [-0.25, -0.2) is 0 Å². The van der Waals surface area contributed by atoms with E-state index in [1.54, 1.807) is 0 Å². The standard InChI is InChI=1S/C24H18AsCl/c26-24-17-15-23(16-18-24)25(21-9-5-2-6-10-21)22-13-11-20(12-14-22)19-7-3-1-4-8-19/h1-18H. The summed E-state index contributed by atoms with van der Waals surface area (Å²) in [7, 11) is 0. The van der Waals surface area contributed by atoms with Crippen LogP contribution >= 0.6 is 11.6 Å². The zero-order valence-corrected chi connectivity index (χ0v) is 16.8. The minimum atomic E-state index is -1.59. The molecule has 0 aliphatic rings. The van der Waals surface area contributed by atoms with E-state index in [1.807, 2.05) is 12.1 Å². The van der Waals surface area contributed by atoms with Crippen molar-refractivity contribution in [3.63, 3.8) is 0 Å². The van der Waals surface area contributed by atoms with Crippen molar-refractivity contribution in [1.29, 1.82) is 0 Å². The van der Waals surface area contributed by atoms with E-state index in [0.29, 0.717) is 0 Å². The normalized spacial score (nSPS) is 11.9. The van der Waals surface area contributed by atoms with Gasteiger partial charge in [0.05, 0.1) is 0 Å². The van der Waals surface area contributed by atoms with Gasteiger partial charge < -0.3 is 0 Å². The van der Waals surface area contributed by atoms with Gasteiger partial charge in [0.15, 0.2) is 0 Å². The fourth-order valence-corrected chi connectivity index (χ4v) is 7.91. The Balaban J connectivity index is 1.76. The second kappa shape index (κ2) is 7.95. The molecule has 1 unspecified atom stereocenters. The maximum absolute atomic E-state index is 6.11. The molecule has 0 saturated carbocycles. The van der Waals surface area contributed by atoms with Crippen LogP contribution in [0.1, 0.15) is 0 Å². The monoisotopic (exact) mass is 416 g/mol. The van der Waals surface area contributed by atoms with Gasteiger partial charge in [-0.15, -0.1) is 0 Å². The van der Waals surface area contributed by atoms with Gasteiger partial charge in [-0.05, 0) is 0 Å². The van der Waals surface area contributed by atoms with Crippen molar-refractivity contribution in [2.24, 2.45) is 0 Å². The molecule has 2 heteroatoms. The van der Waals surface area contributed by atoms with Gasteiger partial charge in [-0.1, -0.05) is 0 Å². The third-order valence-corrected chi connectivity index (χ3v) is 9.71. The van der Waals surface area contributed by atoms with Gasteiger partial charge in [0.2, 0.25) is 0 Å². The second-order valence-corrected chi connectivity index (χ2v) is 11.2. The van der Waals surface area contributed by atoms with Crippen molar-refractivity contribution in [1.82, 2.24) is 0 Å². The van der Waals surface area contributed by atoms with Gasteiger partial charge in [-0.2, -0.15) is 0 Å². The molecular weight excluding hydrogens is 399 g/mol. The van der Waals surface area contributed by atoms with Gasteiger partial charge in [0, 0.05) is 0 Å². The summed E-state index contributed by atoms with van der Waals surface area (Å²) in [6.07, 6.45) is 0. The number of hydrogen-bond donors (Lipinski definition) is 0. The molecule has 1 atom stereocenters. The first-order chi connectivity index (χ1) is 12.8. The van der Waals surface area contributed by atoms with Crippen LogP contribution in [0.25, 0.3) is 11.1 Å². The fourth-order valence-electron chi connectivity index (χ4n) is 3.05. The summed E-state index contributed by atoms with van der Waals surface area (Å²) >= 11 is 4.53. The van der Waals surface area contributed by atoms with Gasteiger partial charge in [-0.3, -0.25) is 0 Å². The third kappa shape index (κ3) is 3.78. The summed E-state index contributed by atoms with van der Waals surface area (Å²) in [6.45, 7) is 0. The Bertz CT molecular complexity index is 962. The summed E-state index contributed by atoms with van der Waals surface area (Å²) in [5.41, 5.74) is 2.51. The van der Waals surface area contributed by atoms with E-state index >= 15 is 0 Å². The van der Waals surface area contributed by atoms with Crippen LogP contribution < -0.4 is 13.1 Å². The Morgan fingerprint density at radius 3 is 1.42 bits per heavy atom. The molecular formula is C24H18AsCl. The molecule has 0 spiro atoms. The number of halogens is 1. The van der Waals surface area contributed by atoms with Crippen LogP contribution in [0.5, 0.6) is 0 Å². The van der Waals surface area contributed by atoms with Crippen molar-refractivity contribution in [2.45, 2.75) is 0 Å². The van der Waals surface area contributed by atoms with E-state index in [1.165, 1.54) is 24.2 Å². The molecule has 0 amide bonds. The molecule has 4 rings (SSSR count). The third-order valence-electron chi connectivity index (χ3n) is 4.33. The molecule has 0 N–H and O–H groups in total. The van der Waals surface area contributed by atoms with Crippen LogP contribution in [-0.2, 0) is 0 Å². The molecule has 0 bridgehead atoms. The molecule has 0 aliphatic carbocycles. The Kier molecular flexibility index (Phi) is 5.25. The second-order valence-electron chi connectivity index (χ2n) is 6.06. The molecule has 4 aromatic rings. The quantitative estimate of drug-likeness (QED) is 0.429. The molecule has 0 radical (unpaired) electrons. The van der Waals surface area contributed by atoms with Gasteiger partial charge in [0.25, 0.3) is 0 Å². The molecule has 0 fully saturated rings. The van der Waals surface area contributed by atoms with Crippen molar-refractivity contribution >= 4 is 39.3 Å². The van der Waals surface area contributed by atoms with E-state index in [9.17, 15) is 0 Å². The Morgan fingerprint density at radius 2 is 0.846 bits per heavy atom. The molecule has 0 nitrogen and oxygen atoms in total. The number of hydrogen-bond acceptors (Lipinski definition) is 0. The van der Waals surface area contributed by atoms with Crippen LogP contribution in [0.3, 0.4) is 0 Å². The molecule has 0 heterocycles. The molecule has 126 valence electrons. The molecule has 26 heavy (non-hydrogen) atoms. The van der Waals surface area contributed by atoms with E-state index in [0.717, 1.165) is 5.02 Å². The van der Waals surface area contributed by atoms with E-state index in [2.05, 4.69) is 97.1 Å².